The highest BCUT2D eigenvalue weighted by Crippen LogP contribution is 2.37. The van der Waals surface area contributed by atoms with Crippen LogP contribution >= 0.6 is 0 Å². The van der Waals surface area contributed by atoms with E-state index in [1.54, 1.807) is 6.07 Å². The van der Waals surface area contributed by atoms with Gasteiger partial charge in [-0.2, -0.15) is 13.2 Å². The summed E-state index contributed by atoms with van der Waals surface area (Å²) < 4.78 is 38.2. The summed E-state index contributed by atoms with van der Waals surface area (Å²) in [6.45, 7) is 1.45. The largest absolute Gasteiger partial charge is 0.416 e. The van der Waals surface area contributed by atoms with Gasteiger partial charge >= 0.3 is 6.18 Å². The van der Waals surface area contributed by atoms with E-state index in [0.29, 0.717) is 24.8 Å². The van der Waals surface area contributed by atoms with E-state index in [9.17, 15) is 18.0 Å². The smallest absolute Gasteiger partial charge is 0.300 e. The molecule has 1 fully saturated rings. The monoisotopic (exact) mass is 242 g/mol. The number of ketones is 1. The van der Waals surface area contributed by atoms with Gasteiger partial charge in [-0.15, -0.1) is 0 Å². The molecule has 0 saturated heterocycles. The van der Waals surface area contributed by atoms with Gasteiger partial charge in [-0.1, -0.05) is 12.1 Å². The van der Waals surface area contributed by atoms with Crippen LogP contribution in [-0.2, 0) is 11.0 Å². The number of aryl methyl sites for hydroxylation is 1. The second kappa shape index (κ2) is 4.17. The molecule has 1 nitrogen and oxygen atoms in total. The summed E-state index contributed by atoms with van der Waals surface area (Å²) in [7, 11) is 0. The van der Waals surface area contributed by atoms with E-state index in [4.69, 9.17) is 0 Å². The van der Waals surface area contributed by atoms with Crippen LogP contribution in [-0.4, -0.2) is 5.78 Å². The van der Waals surface area contributed by atoms with Crippen molar-refractivity contribution in [1.29, 1.82) is 0 Å². The van der Waals surface area contributed by atoms with Crippen molar-refractivity contribution < 1.29 is 18.0 Å². The second-order valence-electron chi connectivity index (χ2n) is 4.55. The summed E-state index contributed by atoms with van der Waals surface area (Å²) in [4.78, 5) is 11.2. The minimum Gasteiger partial charge on any atom is -0.300 e. The standard InChI is InChI=1S/C13H13F3O/c1-8-2-3-10(7-12(8)13(14,15)16)9-4-5-11(17)6-9/h2-3,7,9H,4-6H2,1H3. The predicted molar refractivity (Wildman–Crippen MR) is 57.8 cm³/mol. The Bertz CT molecular complexity index is 448. The summed E-state index contributed by atoms with van der Waals surface area (Å²) in [6.07, 6.45) is -2.79. The molecule has 4 heteroatoms. The molecule has 1 unspecified atom stereocenters. The van der Waals surface area contributed by atoms with Gasteiger partial charge in [0, 0.05) is 12.8 Å². The molecular weight excluding hydrogens is 229 g/mol. The molecule has 0 N–H and O–H groups in total. The first-order valence-electron chi connectivity index (χ1n) is 5.57. The summed E-state index contributed by atoms with van der Waals surface area (Å²) in [5, 5.41) is 0. The molecule has 0 radical (unpaired) electrons. The predicted octanol–water partition coefficient (Wildman–Crippen LogP) is 3.85. The van der Waals surface area contributed by atoms with Gasteiger partial charge in [0.25, 0.3) is 0 Å². The van der Waals surface area contributed by atoms with Gasteiger partial charge in [-0.05, 0) is 36.5 Å². The van der Waals surface area contributed by atoms with Crippen molar-refractivity contribution in [1.82, 2.24) is 0 Å². The third-order valence-corrected chi connectivity index (χ3v) is 3.28. The number of hydrogen-bond acceptors (Lipinski definition) is 1. The molecule has 2 rings (SSSR count). The van der Waals surface area contributed by atoms with E-state index in [1.165, 1.54) is 19.1 Å². The summed E-state index contributed by atoms with van der Waals surface area (Å²) in [6, 6.07) is 4.38. The van der Waals surface area contributed by atoms with E-state index >= 15 is 0 Å². The lowest BCUT2D eigenvalue weighted by Gasteiger charge is -2.15. The Hall–Kier alpha value is -1.32. The maximum atomic E-state index is 12.7. The highest BCUT2D eigenvalue weighted by atomic mass is 19.4. The molecule has 0 spiro atoms. The van der Waals surface area contributed by atoms with Crippen LogP contribution in [0, 0.1) is 6.92 Å². The molecule has 1 aliphatic rings. The first kappa shape index (κ1) is 12.1. The molecule has 1 aromatic carbocycles. The number of benzene rings is 1. The highest BCUT2D eigenvalue weighted by molar-refractivity contribution is 5.81. The number of halogens is 3. The number of carbonyl (C=O) groups excluding carboxylic acids is 1. The molecule has 1 saturated carbocycles. The van der Waals surface area contributed by atoms with Crippen molar-refractivity contribution in [2.24, 2.45) is 0 Å². The third kappa shape index (κ3) is 2.51. The van der Waals surface area contributed by atoms with Crippen LogP contribution in [0.1, 0.15) is 41.9 Å². The average molecular weight is 242 g/mol. The van der Waals surface area contributed by atoms with Gasteiger partial charge in [-0.3, -0.25) is 4.79 Å². The number of alkyl halides is 3. The molecule has 1 aliphatic carbocycles. The molecule has 0 aliphatic heterocycles. The lowest BCUT2D eigenvalue weighted by atomic mass is 9.94. The normalized spacial score (nSPS) is 20.9. The van der Waals surface area contributed by atoms with E-state index in [0.717, 1.165) is 0 Å². The summed E-state index contributed by atoms with van der Waals surface area (Å²) in [5.41, 5.74) is 0.272. The SMILES string of the molecule is Cc1ccc(C2CCC(=O)C2)cc1C(F)(F)F. The van der Waals surface area contributed by atoms with E-state index in [2.05, 4.69) is 0 Å². The highest BCUT2D eigenvalue weighted by Gasteiger charge is 2.33. The average Bonchev–Trinajstić information content (AvgIpc) is 2.64. The maximum Gasteiger partial charge on any atom is 0.416 e. The van der Waals surface area contributed by atoms with Gasteiger partial charge in [-0.25, -0.2) is 0 Å². The van der Waals surface area contributed by atoms with Crippen molar-refractivity contribution in [3.63, 3.8) is 0 Å². The van der Waals surface area contributed by atoms with Gasteiger partial charge < -0.3 is 0 Å². The number of carbonyl (C=O) groups is 1. The summed E-state index contributed by atoms with van der Waals surface area (Å²) in [5.74, 6) is 0.105. The molecule has 0 aromatic heterocycles. The third-order valence-electron chi connectivity index (χ3n) is 3.28. The Morgan fingerprint density at radius 1 is 1.29 bits per heavy atom. The fraction of sp³-hybridized carbons (Fsp3) is 0.462. The molecule has 17 heavy (non-hydrogen) atoms. The van der Waals surface area contributed by atoms with Crippen LogP contribution < -0.4 is 0 Å². The number of rotatable bonds is 1. The van der Waals surface area contributed by atoms with Crippen molar-refractivity contribution in [3.8, 4) is 0 Å². The first-order chi connectivity index (χ1) is 7.88. The number of hydrogen-bond donors (Lipinski definition) is 0. The Kier molecular flexibility index (Phi) is 2.98. The van der Waals surface area contributed by atoms with Crippen LogP contribution in [0.2, 0.25) is 0 Å². The zero-order chi connectivity index (χ0) is 12.6. The van der Waals surface area contributed by atoms with Crippen LogP contribution in [0.3, 0.4) is 0 Å². The van der Waals surface area contributed by atoms with Crippen molar-refractivity contribution in [3.05, 3.63) is 34.9 Å². The zero-order valence-electron chi connectivity index (χ0n) is 9.47. The number of Topliss-reactive ketones (excluding diaryl/α,β-unsaturated/α-hetero) is 1. The molecule has 0 bridgehead atoms. The Morgan fingerprint density at radius 3 is 2.53 bits per heavy atom. The molecule has 92 valence electrons. The first-order valence-corrected chi connectivity index (χ1v) is 5.57. The molecule has 0 amide bonds. The molecule has 0 heterocycles. The van der Waals surface area contributed by atoms with Crippen LogP contribution in [0.25, 0.3) is 0 Å². The second-order valence-corrected chi connectivity index (χ2v) is 4.55. The molecule has 1 atom stereocenters. The Labute approximate surface area is 97.6 Å². The van der Waals surface area contributed by atoms with Gasteiger partial charge in [0.15, 0.2) is 0 Å². The van der Waals surface area contributed by atoms with Crippen molar-refractivity contribution in [2.75, 3.05) is 0 Å². The zero-order valence-corrected chi connectivity index (χ0v) is 9.47. The lowest BCUT2D eigenvalue weighted by molar-refractivity contribution is -0.138. The van der Waals surface area contributed by atoms with Crippen LogP contribution in [0.15, 0.2) is 18.2 Å². The van der Waals surface area contributed by atoms with Gasteiger partial charge in [0.2, 0.25) is 0 Å². The summed E-state index contributed by atoms with van der Waals surface area (Å²) >= 11 is 0. The fourth-order valence-electron chi connectivity index (χ4n) is 2.30. The fourth-order valence-corrected chi connectivity index (χ4v) is 2.30. The van der Waals surface area contributed by atoms with Crippen molar-refractivity contribution in [2.45, 2.75) is 38.3 Å². The van der Waals surface area contributed by atoms with Gasteiger partial charge in [0.05, 0.1) is 5.56 Å². The van der Waals surface area contributed by atoms with Crippen LogP contribution in [0.5, 0.6) is 0 Å². The van der Waals surface area contributed by atoms with Crippen molar-refractivity contribution >= 4 is 5.78 Å². The Balaban J connectivity index is 2.34. The minimum atomic E-state index is -4.32. The Morgan fingerprint density at radius 2 is 2.00 bits per heavy atom. The van der Waals surface area contributed by atoms with E-state index < -0.39 is 11.7 Å². The minimum absolute atomic E-state index is 0.0378. The topological polar surface area (TPSA) is 17.1 Å². The molecular formula is C13H13F3O. The quantitative estimate of drug-likeness (QED) is 0.731. The van der Waals surface area contributed by atoms with Gasteiger partial charge in [0.1, 0.15) is 5.78 Å². The van der Waals surface area contributed by atoms with E-state index in [-0.39, 0.29) is 17.3 Å². The van der Waals surface area contributed by atoms with E-state index in [1.807, 2.05) is 0 Å². The van der Waals surface area contributed by atoms with Crippen LogP contribution in [0.4, 0.5) is 13.2 Å². The molecule has 1 aromatic rings. The lowest BCUT2D eigenvalue weighted by Crippen LogP contribution is -2.09. The maximum absolute atomic E-state index is 12.7.